The van der Waals surface area contributed by atoms with Crippen LogP contribution in [0.2, 0.25) is 0 Å². The smallest absolute Gasteiger partial charge is 0.0602 e. The Morgan fingerprint density at radius 2 is 1.90 bits per heavy atom. The SMILES string of the molecule is [2H]C([2H])([2H])C(O)(CCCC1(C2=CCC3C(=CC=C4CC(O)C[C@H](O)C4)CCC[C@]23C)CC1)C([2H])([2H])[2H]. The van der Waals surface area contributed by atoms with Crippen LogP contribution in [0.25, 0.3) is 0 Å². The second kappa shape index (κ2) is 8.22. The van der Waals surface area contributed by atoms with E-state index < -0.39 is 31.5 Å². The van der Waals surface area contributed by atoms with Gasteiger partial charge in [-0.3, -0.25) is 0 Å². The first-order chi connectivity index (χ1) is 16.6. The zero-order chi connectivity index (χ0) is 26.6. The zero-order valence-electron chi connectivity index (χ0n) is 24.3. The summed E-state index contributed by atoms with van der Waals surface area (Å²) in [6.07, 6.45) is 14.5. The van der Waals surface area contributed by atoms with Crippen molar-refractivity contribution in [2.75, 3.05) is 0 Å². The van der Waals surface area contributed by atoms with E-state index in [4.69, 9.17) is 8.22 Å². The summed E-state index contributed by atoms with van der Waals surface area (Å²) < 4.78 is 45.8. The van der Waals surface area contributed by atoms with Crippen LogP contribution < -0.4 is 0 Å². The maximum absolute atomic E-state index is 10.7. The van der Waals surface area contributed by atoms with Crippen molar-refractivity contribution in [1.82, 2.24) is 0 Å². The third-order valence-electron chi connectivity index (χ3n) is 8.24. The van der Waals surface area contributed by atoms with Crippen molar-refractivity contribution >= 4 is 0 Å². The van der Waals surface area contributed by atoms with Gasteiger partial charge in [0, 0.05) is 8.22 Å². The van der Waals surface area contributed by atoms with Gasteiger partial charge >= 0.3 is 0 Å². The van der Waals surface area contributed by atoms with E-state index in [0.29, 0.717) is 38.0 Å². The lowest BCUT2D eigenvalue weighted by Crippen LogP contribution is -2.33. The Labute approximate surface area is 191 Å². The number of rotatable bonds is 6. The number of allylic oxidation sites excluding steroid dienone is 5. The molecule has 0 spiro atoms. The van der Waals surface area contributed by atoms with Crippen LogP contribution in [0.5, 0.6) is 0 Å². The summed E-state index contributed by atoms with van der Waals surface area (Å²) in [5, 5.41) is 30.7. The van der Waals surface area contributed by atoms with Crippen LogP contribution in [0, 0.1) is 16.7 Å². The number of hydrogen-bond acceptors (Lipinski definition) is 3. The van der Waals surface area contributed by atoms with E-state index in [1.807, 2.05) is 0 Å². The van der Waals surface area contributed by atoms with Gasteiger partial charge in [-0.2, -0.15) is 0 Å². The van der Waals surface area contributed by atoms with Crippen LogP contribution in [-0.2, 0) is 0 Å². The molecule has 0 aromatic rings. The van der Waals surface area contributed by atoms with E-state index >= 15 is 0 Å². The maximum atomic E-state index is 10.7. The fraction of sp³-hybridized carbons (Fsp3) is 0.778. The second-order valence-corrected chi connectivity index (χ2v) is 10.7. The van der Waals surface area contributed by atoms with Gasteiger partial charge in [0.15, 0.2) is 0 Å². The molecule has 4 rings (SSSR count). The van der Waals surface area contributed by atoms with Gasteiger partial charge < -0.3 is 15.3 Å². The molecule has 4 aliphatic rings. The van der Waals surface area contributed by atoms with Gasteiger partial charge in [0.2, 0.25) is 0 Å². The molecule has 0 aromatic heterocycles. The molecule has 0 saturated heterocycles. The molecule has 168 valence electrons. The molecule has 0 amide bonds. The lowest BCUT2D eigenvalue weighted by Gasteiger charge is -2.43. The molecule has 0 aliphatic heterocycles. The van der Waals surface area contributed by atoms with E-state index in [2.05, 4.69) is 25.2 Å². The van der Waals surface area contributed by atoms with Crippen LogP contribution in [0.1, 0.15) is 106 Å². The summed E-state index contributed by atoms with van der Waals surface area (Å²) in [5.74, 6) is 0.413. The summed E-state index contributed by atoms with van der Waals surface area (Å²) in [6, 6.07) is 0. The molecular formula is C27H42O3. The predicted molar refractivity (Wildman–Crippen MR) is 122 cm³/mol. The molecule has 0 radical (unpaired) electrons. The third kappa shape index (κ3) is 4.64. The molecule has 3 saturated carbocycles. The van der Waals surface area contributed by atoms with Gasteiger partial charge in [0.25, 0.3) is 0 Å². The van der Waals surface area contributed by atoms with Crippen molar-refractivity contribution in [1.29, 1.82) is 0 Å². The van der Waals surface area contributed by atoms with Crippen LogP contribution >= 0.6 is 0 Å². The molecule has 3 nitrogen and oxygen atoms in total. The minimum absolute atomic E-state index is 0.00754. The van der Waals surface area contributed by atoms with Crippen molar-refractivity contribution < 1.29 is 23.5 Å². The second-order valence-electron chi connectivity index (χ2n) is 10.7. The van der Waals surface area contributed by atoms with E-state index in [9.17, 15) is 15.3 Å². The Balaban J connectivity index is 1.46. The van der Waals surface area contributed by atoms with Gasteiger partial charge in [0.05, 0.1) is 17.8 Å². The highest BCUT2D eigenvalue weighted by Crippen LogP contribution is 2.67. The number of aliphatic hydroxyl groups is 3. The van der Waals surface area contributed by atoms with E-state index in [1.165, 1.54) is 11.1 Å². The molecule has 0 aromatic carbocycles. The van der Waals surface area contributed by atoms with Gasteiger partial charge in [-0.1, -0.05) is 41.9 Å². The fourth-order valence-corrected chi connectivity index (χ4v) is 6.66. The number of hydrogen-bond donors (Lipinski definition) is 3. The molecule has 3 N–H and O–H groups in total. The van der Waals surface area contributed by atoms with Crippen molar-refractivity contribution in [3.8, 4) is 0 Å². The minimum Gasteiger partial charge on any atom is -0.393 e. The monoisotopic (exact) mass is 420 g/mol. The van der Waals surface area contributed by atoms with Gasteiger partial charge in [-0.15, -0.1) is 0 Å². The highest BCUT2D eigenvalue weighted by atomic mass is 16.3. The summed E-state index contributed by atoms with van der Waals surface area (Å²) in [7, 11) is 0. The summed E-state index contributed by atoms with van der Waals surface area (Å²) >= 11 is 0. The standard InChI is InChI=1S/C27H42O3/c1-25(2,30)11-5-13-27(14-15-27)24-10-9-23-20(6-4-12-26(23,24)3)8-7-19-16-21(28)18-22(29)17-19/h7-8,10,21-23,28-30H,4-6,9,11-18H2,1-3H3/t21-,22?,23?,26+/m1/s1/i1D3,2D3. The average Bonchev–Trinajstić information content (AvgIpc) is 3.42. The van der Waals surface area contributed by atoms with Crippen molar-refractivity contribution in [2.24, 2.45) is 16.7 Å². The lowest BCUT2D eigenvalue weighted by atomic mass is 9.61. The first-order valence-corrected chi connectivity index (χ1v) is 11.8. The summed E-state index contributed by atoms with van der Waals surface area (Å²) in [4.78, 5) is 0. The molecule has 3 heteroatoms. The molecule has 30 heavy (non-hydrogen) atoms. The molecule has 0 bridgehead atoms. The highest BCUT2D eigenvalue weighted by Gasteiger charge is 2.56. The Bertz CT molecular complexity index is 901. The summed E-state index contributed by atoms with van der Waals surface area (Å²) in [5.41, 5.74) is 1.32. The van der Waals surface area contributed by atoms with Gasteiger partial charge in [0.1, 0.15) is 0 Å². The molecule has 0 heterocycles. The largest absolute Gasteiger partial charge is 0.393 e. The van der Waals surface area contributed by atoms with Gasteiger partial charge in [-0.05, 0) is 108 Å². The minimum atomic E-state index is -2.96. The fourth-order valence-electron chi connectivity index (χ4n) is 6.66. The first kappa shape index (κ1) is 15.8. The zero-order valence-corrected chi connectivity index (χ0v) is 18.3. The number of aliphatic hydroxyl groups excluding tert-OH is 2. The van der Waals surface area contributed by atoms with E-state index in [0.717, 1.165) is 44.1 Å². The average molecular weight is 421 g/mol. The third-order valence-corrected chi connectivity index (χ3v) is 8.24. The molecule has 4 atom stereocenters. The summed E-state index contributed by atoms with van der Waals surface area (Å²) in [6.45, 7) is -3.56. The molecular weight excluding hydrogens is 372 g/mol. The van der Waals surface area contributed by atoms with Crippen LogP contribution in [0.3, 0.4) is 0 Å². The molecule has 2 unspecified atom stereocenters. The normalized spacial score (nSPS) is 42.4. The van der Waals surface area contributed by atoms with Crippen molar-refractivity contribution in [3.63, 3.8) is 0 Å². The Morgan fingerprint density at radius 3 is 2.57 bits per heavy atom. The van der Waals surface area contributed by atoms with E-state index in [1.54, 1.807) is 0 Å². The molecule has 3 fully saturated rings. The van der Waals surface area contributed by atoms with Gasteiger partial charge in [-0.25, -0.2) is 0 Å². The Kier molecular flexibility index (Phi) is 4.34. The van der Waals surface area contributed by atoms with Crippen molar-refractivity contribution in [2.45, 2.75) is 115 Å². The Morgan fingerprint density at radius 1 is 1.17 bits per heavy atom. The van der Waals surface area contributed by atoms with Crippen LogP contribution in [0.15, 0.2) is 34.9 Å². The van der Waals surface area contributed by atoms with Crippen LogP contribution in [-0.4, -0.2) is 33.1 Å². The number of fused-ring (bicyclic) bond motifs is 1. The highest BCUT2D eigenvalue weighted by molar-refractivity contribution is 5.39. The quantitative estimate of drug-likeness (QED) is 0.490. The van der Waals surface area contributed by atoms with Crippen molar-refractivity contribution in [3.05, 3.63) is 34.9 Å². The Hall–Kier alpha value is -0.900. The van der Waals surface area contributed by atoms with Crippen LogP contribution in [0.4, 0.5) is 0 Å². The molecule has 4 aliphatic carbocycles. The predicted octanol–water partition coefficient (Wildman–Crippen LogP) is 5.60. The van der Waals surface area contributed by atoms with E-state index in [-0.39, 0.29) is 17.3 Å². The lowest BCUT2D eigenvalue weighted by molar-refractivity contribution is 0.0608. The maximum Gasteiger partial charge on any atom is 0.0602 e. The first-order valence-electron chi connectivity index (χ1n) is 14.8. The topological polar surface area (TPSA) is 60.7 Å².